The maximum atomic E-state index is 12.2. The van der Waals surface area contributed by atoms with E-state index in [0.29, 0.717) is 6.54 Å². The van der Waals surface area contributed by atoms with Crippen LogP contribution < -0.4 is 5.73 Å². The molecule has 4 nitrogen and oxygen atoms in total. The second-order valence-corrected chi connectivity index (χ2v) is 4.38. The first-order chi connectivity index (χ1) is 7.65. The summed E-state index contributed by atoms with van der Waals surface area (Å²) in [6.45, 7) is 6.78. The average Bonchev–Trinajstić information content (AvgIpc) is 2.55. The summed E-state index contributed by atoms with van der Waals surface area (Å²) in [6.07, 6.45) is 3.65. The van der Waals surface area contributed by atoms with Crippen LogP contribution in [0.5, 0.6) is 0 Å². The lowest BCUT2D eigenvalue weighted by molar-refractivity contribution is -0.134. The molecule has 4 heteroatoms. The van der Waals surface area contributed by atoms with E-state index in [9.17, 15) is 4.79 Å². The van der Waals surface area contributed by atoms with E-state index in [1.807, 2.05) is 6.92 Å². The summed E-state index contributed by atoms with van der Waals surface area (Å²) in [7, 11) is 0. The molecular weight excluding hydrogens is 202 g/mol. The molecule has 1 atom stereocenters. The van der Waals surface area contributed by atoms with Gasteiger partial charge in [-0.1, -0.05) is 13.8 Å². The average molecular weight is 225 g/mol. The number of hydrogen-bond donors (Lipinski definition) is 1. The van der Waals surface area contributed by atoms with Crippen molar-refractivity contribution < 1.29 is 4.79 Å². The molecule has 92 valence electrons. The van der Waals surface area contributed by atoms with E-state index < -0.39 is 0 Å². The van der Waals surface area contributed by atoms with Crippen molar-refractivity contribution in [3.8, 4) is 0 Å². The zero-order valence-electron chi connectivity index (χ0n) is 10.6. The Morgan fingerprint density at radius 1 is 1.44 bits per heavy atom. The van der Waals surface area contributed by atoms with Crippen molar-refractivity contribution >= 4 is 11.6 Å². The van der Waals surface area contributed by atoms with Gasteiger partial charge in [-0.05, 0) is 39.2 Å². The van der Waals surface area contributed by atoms with Crippen LogP contribution in [0.15, 0.2) is 5.10 Å². The Balaban J connectivity index is 2.69. The minimum absolute atomic E-state index is 0.0239. The maximum absolute atomic E-state index is 12.2. The van der Waals surface area contributed by atoms with Gasteiger partial charge in [0.25, 0.3) is 5.91 Å². The lowest BCUT2D eigenvalue weighted by atomic mass is 9.98. The van der Waals surface area contributed by atoms with Gasteiger partial charge < -0.3 is 5.73 Å². The topological polar surface area (TPSA) is 58.7 Å². The van der Waals surface area contributed by atoms with E-state index in [1.54, 1.807) is 5.01 Å². The lowest BCUT2D eigenvalue weighted by Gasteiger charge is -2.22. The Morgan fingerprint density at radius 3 is 2.56 bits per heavy atom. The van der Waals surface area contributed by atoms with Crippen LogP contribution in [0.3, 0.4) is 0 Å². The molecule has 0 aromatic carbocycles. The fraction of sp³-hybridized carbons (Fsp3) is 0.833. The molecule has 1 heterocycles. The maximum Gasteiger partial charge on any atom is 0.251 e. The van der Waals surface area contributed by atoms with E-state index in [-0.39, 0.29) is 17.9 Å². The van der Waals surface area contributed by atoms with E-state index >= 15 is 0 Å². The number of amides is 1. The van der Waals surface area contributed by atoms with Gasteiger partial charge in [-0.25, -0.2) is 5.01 Å². The highest BCUT2D eigenvalue weighted by atomic mass is 16.2. The molecule has 0 saturated carbocycles. The van der Waals surface area contributed by atoms with Crippen molar-refractivity contribution in [3.05, 3.63) is 0 Å². The highest BCUT2D eigenvalue weighted by molar-refractivity contribution is 6.06. The molecule has 0 aromatic rings. The molecule has 0 bridgehead atoms. The predicted molar refractivity (Wildman–Crippen MR) is 66.1 cm³/mol. The highest BCUT2D eigenvalue weighted by Crippen LogP contribution is 2.24. The van der Waals surface area contributed by atoms with Crippen molar-refractivity contribution in [1.82, 2.24) is 5.01 Å². The van der Waals surface area contributed by atoms with Crippen LogP contribution in [0.25, 0.3) is 0 Å². The van der Waals surface area contributed by atoms with Gasteiger partial charge in [0.2, 0.25) is 0 Å². The fourth-order valence-corrected chi connectivity index (χ4v) is 2.18. The van der Waals surface area contributed by atoms with Gasteiger partial charge in [0.15, 0.2) is 0 Å². The van der Waals surface area contributed by atoms with Crippen LogP contribution in [0.1, 0.15) is 46.5 Å². The molecule has 1 aliphatic heterocycles. The third kappa shape index (κ3) is 2.61. The Bertz CT molecular complexity index is 271. The quantitative estimate of drug-likeness (QED) is 0.748. The van der Waals surface area contributed by atoms with Crippen molar-refractivity contribution in [2.45, 2.75) is 52.5 Å². The van der Waals surface area contributed by atoms with Crippen molar-refractivity contribution in [3.63, 3.8) is 0 Å². The van der Waals surface area contributed by atoms with Crippen LogP contribution in [0, 0.1) is 5.92 Å². The number of rotatable bonds is 6. The Morgan fingerprint density at radius 2 is 2.06 bits per heavy atom. The lowest BCUT2D eigenvalue weighted by Crippen LogP contribution is -2.35. The molecule has 16 heavy (non-hydrogen) atoms. The molecule has 1 aliphatic rings. The molecular formula is C12H23N3O. The number of nitrogens with two attached hydrogens (primary N) is 1. The first kappa shape index (κ1) is 13.2. The minimum atomic E-state index is -0.0239. The molecule has 1 unspecified atom stereocenters. The van der Waals surface area contributed by atoms with Crippen LogP contribution in [-0.2, 0) is 4.79 Å². The van der Waals surface area contributed by atoms with Crippen LogP contribution in [0.2, 0.25) is 0 Å². The number of carbonyl (C=O) groups excluding carboxylic acids is 1. The normalized spacial score (nSPS) is 20.8. The van der Waals surface area contributed by atoms with Gasteiger partial charge in [0, 0.05) is 5.71 Å². The van der Waals surface area contributed by atoms with Crippen molar-refractivity contribution in [2.24, 2.45) is 16.8 Å². The summed E-state index contributed by atoms with van der Waals surface area (Å²) in [4.78, 5) is 12.2. The summed E-state index contributed by atoms with van der Waals surface area (Å²) < 4.78 is 0. The number of carbonyl (C=O) groups is 1. The summed E-state index contributed by atoms with van der Waals surface area (Å²) in [6, 6.07) is 0.255. The summed E-state index contributed by atoms with van der Waals surface area (Å²) >= 11 is 0. The van der Waals surface area contributed by atoms with Crippen LogP contribution >= 0.6 is 0 Å². The molecule has 0 saturated heterocycles. The predicted octanol–water partition coefficient (Wildman–Crippen LogP) is 1.75. The Labute approximate surface area is 97.9 Å². The van der Waals surface area contributed by atoms with Gasteiger partial charge in [-0.2, -0.15) is 5.10 Å². The molecule has 1 rings (SSSR count). The first-order valence-electron chi connectivity index (χ1n) is 6.23. The Hall–Kier alpha value is -0.900. The Kier molecular flexibility index (Phi) is 4.93. The smallest absolute Gasteiger partial charge is 0.251 e. The fourth-order valence-electron chi connectivity index (χ4n) is 2.18. The van der Waals surface area contributed by atoms with Crippen LogP contribution in [0.4, 0.5) is 0 Å². The standard InChI is InChI=1S/C12H23N3O/c1-4-10(5-2)15-12(16)11(7-6-8-13)9(3)14-15/h10-11H,4-8,13H2,1-3H3. The number of nitrogens with zero attached hydrogens (tertiary/aromatic N) is 2. The molecule has 0 radical (unpaired) electrons. The van der Waals surface area contributed by atoms with Gasteiger partial charge in [0.1, 0.15) is 0 Å². The van der Waals surface area contributed by atoms with E-state index in [2.05, 4.69) is 18.9 Å². The SMILES string of the molecule is CCC(CC)N1N=C(C)C(CCCN)C1=O. The van der Waals surface area contributed by atoms with E-state index in [0.717, 1.165) is 31.4 Å². The molecule has 0 aromatic heterocycles. The van der Waals surface area contributed by atoms with E-state index in [1.165, 1.54) is 0 Å². The summed E-state index contributed by atoms with van der Waals surface area (Å²) in [5.74, 6) is 0.142. The first-order valence-corrected chi connectivity index (χ1v) is 6.23. The minimum Gasteiger partial charge on any atom is -0.330 e. The highest BCUT2D eigenvalue weighted by Gasteiger charge is 2.35. The van der Waals surface area contributed by atoms with E-state index in [4.69, 9.17) is 5.73 Å². The third-order valence-corrected chi connectivity index (χ3v) is 3.28. The number of hydrogen-bond acceptors (Lipinski definition) is 3. The van der Waals surface area contributed by atoms with Crippen LogP contribution in [-0.4, -0.2) is 29.2 Å². The monoisotopic (exact) mass is 225 g/mol. The van der Waals surface area contributed by atoms with Crippen molar-refractivity contribution in [1.29, 1.82) is 0 Å². The van der Waals surface area contributed by atoms with Crippen molar-refractivity contribution in [2.75, 3.05) is 6.54 Å². The summed E-state index contributed by atoms with van der Waals surface area (Å²) in [5, 5.41) is 6.10. The molecule has 0 aliphatic carbocycles. The van der Waals surface area contributed by atoms with Gasteiger partial charge >= 0.3 is 0 Å². The third-order valence-electron chi connectivity index (χ3n) is 3.28. The largest absolute Gasteiger partial charge is 0.330 e. The van der Waals surface area contributed by atoms with Gasteiger partial charge in [0.05, 0.1) is 12.0 Å². The van der Waals surface area contributed by atoms with Gasteiger partial charge in [-0.3, -0.25) is 4.79 Å². The van der Waals surface area contributed by atoms with Gasteiger partial charge in [-0.15, -0.1) is 0 Å². The zero-order chi connectivity index (χ0) is 12.1. The zero-order valence-corrected chi connectivity index (χ0v) is 10.6. The molecule has 2 N–H and O–H groups in total. The molecule has 1 amide bonds. The second kappa shape index (κ2) is 5.99. The molecule has 0 fully saturated rings. The number of hydrazone groups is 1. The second-order valence-electron chi connectivity index (χ2n) is 4.38. The summed E-state index contributed by atoms with van der Waals surface area (Å²) in [5.41, 5.74) is 6.43. The molecule has 0 spiro atoms.